The lowest BCUT2D eigenvalue weighted by atomic mass is 9.90. The Hall–Kier alpha value is -3.69. The maximum absolute atomic E-state index is 13.1. The largest absolute Gasteiger partial charge is 0.490 e. The molecule has 1 saturated heterocycles. The van der Waals surface area contributed by atoms with Crippen LogP contribution in [0, 0.1) is 0 Å². The fraction of sp³-hybridized carbons (Fsp3) is 0.379. The van der Waals surface area contributed by atoms with Crippen LogP contribution in [0.25, 0.3) is 11.1 Å². The molecule has 0 aliphatic carbocycles. The van der Waals surface area contributed by atoms with Crippen molar-refractivity contribution in [2.24, 2.45) is 0 Å². The Morgan fingerprint density at radius 2 is 1.11 bits per heavy atom. The van der Waals surface area contributed by atoms with E-state index in [2.05, 4.69) is 14.8 Å². The number of carboxylic acid groups (broad SMARTS) is 1. The van der Waals surface area contributed by atoms with E-state index in [1.165, 1.54) is 5.56 Å². The Morgan fingerprint density at radius 1 is 0.682 bits per heavy atom. The van der Waals surface area contributed by atoms with Crippen LogP contribution >= 0.6 is 0 Å². The Labute approximate surface area is 246 Å². The maximum Gasteiger partial charge on any atom is 0.490 e. The third-order valence-corrected chi connectivity index (χ3v) is 6.99. The third kappa shape index (κ3) is 8.92. The fourth-order valence-electron chi connectivity index (χ4n) is 4.46. The average molecular weight is 638 g/mol. The molecule has 0 spiro atoms. The lowest BCUT2D eigenvalue weighted by Crippen LogP contribution is -2.53. The van der Waals surface area contributed by atoms with Gasteiger partial charge in [-0.2, -0.15) is 39.5 Å². The second kappa shape index (κ2) is 13.9. The summed E-state index contributed by atoms with van der Waals surface area (Å²) in [5, 5.41) is 16.7. The van der Waals surface area contributed by atoms with E-state index >= 15 is 0 Å². The van der Waals surface area contributed by atoms with Gasteiger partial charge in [0.2, 0.25) is 0 Å². The van der Waals surface area contributed by atoms with Crippen molar-refractivity contribution in [2.75, 3.05) is 32.7 Å². The van der Waals surface area contributed by atoms with Crippen molar-refractivity contribution in [3.05, 3.63) is 89.7 Å². The molecular formula is C29H28F9N3O3. The highest BCUT2D eigenvalue weighted by Gasteiger charge is 2.71. The van der Waals surface area contributed by atoms with E-state index in [1.54, 1.807) is 24.5 Å². The third-order valence-electron chi connectivity index (χ3n) is 6.99. The molecular weight excluding hydrogens is 609 g/mol. The number of carbonyl (C=O) groups is 1. The number of nitrogens with zero attached hydrogens (tertiary/aromatic N) is 3. The minimum absolute atomic E-state index is 0.451. The monoisotopic (exact) mass is 637 g/mol. The number of hydrogen-bond acceptors (Lipinski definition) is 5. The Kier molecular flexibility index (Phi) is 11.0. The van der Waals surface area contributed by atoms with E-state index in [1.807, 2.05) is 24.3 Å². The van der Waals surface area contributed by atoms with Gasteiger partial charge >= 0.3 is 24.5 Å². The number of halogens is 9. The molecule has 0 amide bonds. The lowest BCUT2D eigenvalue weighted by Gasteiger charge is -2.34. The van der Waals surface area contributed by atoms with Crippen LogP contribution in [0.5, 0.6) is 0 Å². The number of rotatable bonds is 7. The quantitative estimate of drug-likeness (QED) is 0.307. The van der Waals surface area contributed by atoms with E-state index in [4.69, 9.17) is 9.90 Å². The summed E-state index contributed by atoms with van der Waals surface area (Å²) in [4.78, 5) is 17.8. The van der Waals surface area contributed by atoms with Crippen LogP contribution in [0.3, 0.4) is 0 Å². The van der Waals surface area contributed by atoms with Crippen LogP contribution in [-0.2, 0) is 23.4 Å². The van der Waals surface area contributed by atoms with Gasteiger partial charge < -0.3 is 15.1 Å². The molecule has 0 saturated carbocycles. The number of pyridine rings is 1. The molecule has 240 valence electrons. The zero-order valence-electron chi connectivity index (χ0n) is 22.9. The molecule has 1 fully saturated rings. The molecule has 0 radical (unpaired) electrons. The molecule has 2 heterocycles. The summed E-state index contributed by atoms with van der Waals surface area (Å²) in [7, 11) is 0. The zero-order chi connectivity index (χ0) is 32.8. The normalized spacial score (nSPS) is 15.4. The van der Waals surface area contributed by atoms with Crippen molar-refractivity contribution in [3.8, 4) is 11.1 Å². The number of piperazine rings is 1. The molecule has 0 atom stereocenters. The van der Waals surface area contributed by atoms with Gasteiger partial charge in [0.25, 0.3) is 5.60 Å². The van der Waals surface area contributed by atoms with Gasteiger partial charge in [-0.05, 0) is 40.8 Å². The fourth-order valence-corrected chi connectivity index (χ4v) is 4.46. The maximum atomic E-state index is 13.1. The van der Waals surface area contributed by atoms with Crippen molar-refractivity contribution in [2.45, 2.75) is 37.1 Å². The topological polar surface area (TPSA) is 76.9 Å². The van der Waals surface area contributed by atoms with Crippen LogP contribution in [0.2, 0.25) is 0 Å². The number of carboxylic acids is 1. The highest BCUT2D eigenvalue weighted by atomic mass is 19.4. The van der Waals surface area contributed by atoms with Crippen LogP contribution < -0.4 is 0 Å². The predicted molar refractivity (Wildman–Crippen MR) is 141 cm³/mol. The van der Waals surface area contributed by atoms with E-state index in [9.17, 15) is 44.6 Å². The molecule has 0 bridgehead atoms. The van der Waals surface area contributed by atoms with Crippen LogP contribution in [0.15, 0.2) is 73.1 Å². The Morgan fingerprint density at radius 3 is 1.55 bits per heavy atom. The average Bonchev–Trinajstić information content (AvgIpc) is 2.96. The lowest BCUT2D eigenvalue weighted by molar-refractivity contribution is -0.376. The molecule has 2 aromatic carbocycles. The van der Waals surface area contributed by atoms with Crippen LogP contribution in [0.4, 0.5) is 39.5 Å². The number of alkyl halides is 9. The first-order chi connectivity index (χ1) is 20.4. The summed E-state index contributed by atoms with van der Waals surface area (Å²) in [6.45, 7) is 5.70. The molecule has 1 aliphatic heterocycles. The molecule has 1 aliphatic rings. The van der Waals surface area contributed by atoms with Crippen molar-refractivity contribution >= 4 is 5.97 Å². The van der Waals surface area contributed by atoms with Gasteiger partial charge in [0.05, 0.1) is 0 Å². The van der Waals surface area contributed by atoms with Gasteiger partial charge in [-0.1, -0.05) is 48.5 Å². The van der Waals surface area contributed by atoms with Crippen molar-refractivity contribution in [1.29, 1.82) is 0 Å². The van der Waals surface area contributed by atoms with Crippen LogP contribution in [0.1, 0.15) is 16.7 Å². The smallest absolute Gasteiger partial charge is 0.475 e. The van der Waals surface area contributed by atoms with Gasteiger partial charge in [0, 0.05) is 57.2 Å². The molecule has 6 nitrogen and oxygen atoms in total. The van der Waals surface area contributed by atoms with Crippen molar-refractivity contribution < 1.29 is 54.5 Å². The Balaban J connectivity index is 0.000000676. The molecule has 2 N–H and O–H groups in total. The first-order valence-electron chi connectivity index (χ1n) is 13.1. The number of aromatic nitrogens is 1. The molecule has 4 rings (SSSR count). The summed E-state index contributed by atoms with van der Waals surface area (Å²) in [6, 6.07) is 15.1. The van der Waals surface area contributed by atoms with Gasteiger partial charge in [0.1, 0.15) is 0 Å². The second-order valence-corrected chi connectivity index (χ2v) is 10.0. The number of aliphatic carboxylic acids is 1. The summed E-state index contributed by atoms with van der Waals surface area (Å²) in [5.41, 5.74) is -2.76. The minimum Gasteiger partial charge on any atom is -0.475 e. The van der Waals surface area contributed by atoms with E-state index < -0.39 is 35.7 Å². The molecule has 3 aromatic rings. The minimum atomic E-state index is -5.90. The SMILES string of the molecule is O=C(O)C(F)(F)F.OC(c1ccc(-c2ccc(CCN3CCN(Cc4ccncc4)CC3)cc2)cc1)(C(F)(F)F)C(F)(F)F. The summed E-state index contributed by atoms with van der Waals surface area (Å²) in [5.74, 6) is -2.76. The highest BCUT2D eigenvalue weighted by Crippen LogP contribution is 2.50. The molecule has 0 unspecified atom stereocenters. The number of benzene rings is 2. The van der Waals surface area contributed by atoms with E-state index in [0.29, 0.717) is 23.3 Å². The molecule has 15 heteroatoms. The van der Waals surface area contributed by atoms with Gasteiger partial charge in [-0.15, -0.1) is 0 Å². The van der Waals surface area contributed by atoms with Crippen molar-refractivity contribution in [3.63, 3.8) is 0 Å². The second-order valence-electron chi connectivity index (χ2n) is 10.0. The van der Waals surface area contributed by atoms with Gasteiger partial charge in [0.15, 0.2) is 0 Å². The van der Waals surface area contributed by atoms with E-state index in [-0.39, 0.29) is 0 Å². The molecule has 44 heavy (non-hydrogen) atoms. The molecule has 1 aromatic heterocycles. The standard InChI is InChI=1S/C27H27F6N3O.C2HF3O2/c28-26(29,30)25(37,27(31,32)33)24-7-5-23(6-8-24)22-3-1-20(2-4-22)11-14-35-15-17-36(18-16-35)19-21-9-12-34-13-10-21;3-2(4,5)1(6)7/h1-10,12-13,37H,11,14-19H2;(H,6,7). The summed E-state index contributed by atoms with van der Waals surface area (Å²) < 4.78 is 110. The predicted octanol–water partition coefficient (Wildman–Crippen LogP) is 6.05. The summed E-state index contributed by atoms with van der Waals surface area (Å²) >= 11 is 0. The van der Waals surface area contributed by atoms with Crippen molar-refractivity contribution in [1.82, 2.24) is 14.8 Å². The first kappa shape index (κ1) is 34.8. The Bertz CT molecular complexity index is 1320. The zero-order valence-corrected chi connectivity index (χ0v) is 22.9. The first-order valence-corrected chi connectivity index (χ1v) is 13.1. The van der Waals surface area contributed by atoms with Crippen LogP contribution in [-0.4, -0.2) is 82.2 Å². The van der Waals surface area contributed by atoms with Gasteiger partial charge in [-0.25, -0.2) is 4.79 Å². The van der Waals surface area contributed by atoms with E-state index in [0.717, 1.165) is 63.4 Å². The number of aliphatic hydroxyl groups is 1. The number of hydrogen-bond donors (Lipinski definition) is 2. The highest BCUT2D eigenvalue weighted by molar-refractivity contribution is 5.73. The summed E-state index contributed by atoms with van der Waals surface area (Å²) in [6.07, 6.45) is -12.5. The van der Waals surface area contributed by atoms with Gasteiger partial charge in [-0.3, -0.25) is 9.88 Å².